The van der Waals surface area contributed by atoms with Gasteiger partial charge >= 0.3 is 5.97 Å². The summed E-state index contributed by atoms with van der Waals surface area (Å²) in [5, 5.41) is 0. The lowest BCUT2D eigenvalue weighted by molar-refractivity contribution is -0.136. The van der Waals surface area contributed by atoms with Crippen LogP contribution < -0.4 is 0 Å². The van der Waals surface area contributed by atoms with Gasteiger partial charge in [-0.1, -0.05) is 53.2 Å². The van der Waals surface area contributed by atoms with Gasteiger partial charge in [-0.05, 0) is 91.4 Å². The van der Waals surface area contributed by atoms with Crippen LogP contribution in [0.5, 0.6) is 0 Å². The second kappa shape index (κ2) is 13.4. The van der Waals surface area contributed by atoms with Crippen LogP contribution in [0.2, 0.25) is 0 Å². The summed E-state index contributed by atoms with van der Waals surface area (Å²) in [6.45, 7) is 13.1. The van der Waals surface area contributed by atoms with Gasteiger partial charge < -0.3 is 4.74 Å². The summed E-state index contributed by atoms with van der Waals surface area (Å²) in [6.07, 6.45) is 18.0. The van der Waals surface area contributed by atoms with E-state index in [9.17, 15) is 4.79 Å². The molecule has 1 aliphatic carbocycles. The minimum atomic E-state index is -0.186. The van der Waals surface area contributed by atoms with Gasteiger partial charge in [0, 0.05) is 5.57 Å². The van der Waals surface area contributed by atoms with E-state index in [2.05, 4.69) is 58.6 Å². The summed E-state index contributed by atoms with van der Waals surface area (Å²) in [5.41, 5.74) is 6.32. The van der Waals surface area contributed by atoms with E-state index in [1.165, 1.54) is 29.4 Å². The molecule has 28 heavy (non-hydrogen) atoms. The summed E-state index contributed by atoms with van der Waals surface area (Å²) in [7, 11) is 1.47. The highest BCUT2D eigenvalue weighted by Gasteiger charge is 2.16. The van der Waals surface area contributed by atoms with Crippen LogP contribution in [0.3, 0.4) is 0 Å². The van der Waals surface area contributed by atoms with Crippen LogP contribution in [0, 0.1) is 5.92 Å². The Hall–Kier alpha value is -1.83. The summed E-state index contributed by atoms with van der Waals surface area (Å²) in [6, 6.07) is 0. The normalized spacial score (nSPS) is 19.5. The number of allylic oxidation sites excluding steroid dienone is 8. The van der Waals surface area contributed by atoms with Crippen LogP contribution in [-0.4, -0.2) is 13.1 Å². The second-order valence-corrected chi connectivity index (χ2v) is 8.35. The maximum absolute atomic E-state index is 12.2. The lowest BCUT2D eigenvalue weighted by atomic mass is 9.86. The molecule has 0 bridgehead atoms. The van der Waals surface area contributed by atoms with Crippen molar-refractivity contribution in [2.24, 2.45) is 5.92 Å². The van der Waals surface area contributed by atoms with E-state index in [4.69, 9.17) is 4.74 Å². The van der Waals surface area contributed by atoms with Crippen LogP contribution in [0.4, 0.5) is 0 Å². The second-order valence-electron chi connectivity index (χ2n) is 8.35. The highest BCUT2D eigenvalue weighted by molar-refractivity contribution is 5.88. The molecule has 1 aliphatic rings. The number of esters is 1. The largest absolute Gasteiger partial charge is 0.466 e. The number of rotatable bonds is 5. The molecule has 0 fully saturated rings. The Bertz CT molecular complexity index is 639. The molecule has 2 nitrogen and oxygen atoms in total. The Morgan fingerprint density at radius 2 is 1.75 bits per heavy atom. The number of methoxy groups -OCH3 is 1. The quantitative estimate of drug-likeness (QED) is 0.359. The highest BCUT2D eigenvalue weighted by atomic mass is 16.5. The molecule has 0 radical (unpaired) electrons. The molecule has 0 saturated carbocycles. The Balaban J connectivity index is 2.97. The lowest BCUT2D eigenvalue weighted by Crippen LogP contribution is -2.09. The predicted octanol–water partition coefficient (Wildman–Crippen LogP) is 7.64. The first kappa shape index (κ1) is 24.2. The fourth-order valence-corrected chi connectivity index (χ4v) is 3.56. The molecule has 0 aliphatic heterocycles. The third-order valence-electron chi connectivity index (χ3n) is 5.52. The molecule has 0 spiro atoms. The van der Waals surface area contributed by atoms with Crippen molar-refractivity contribution in [3.8, 4) is 0 Å². The lowest BCUT2D eigenvalue weighted by Gasteiger charge is -2.19. The van der Waals surface area contributed by atoms with E-state index < -0.39 is 0 Å². The van der Waals surface area contributed by atoms with Gasteiger partial charge in [0.1, 0.15) is 0 Å². The summed E-state index contributed by atoms with van der Waals surface area (Å²) in [5.74, 6) is 0.225. The number of hydrogen-bond donors (Lipinski definition) is 0. The van der Waals surface area contributed by atoms with Gasteiger partial charge in [0.25, 0.3) is 0 Å². The predicted molar refractivity (Wildman–Crippen MR) is 121 cm³/mol. The van der Waals surface area contributed by atoms with Gasteiger partial charge in [0.05, 0.1) is 7.11 Å². The van der Waals surface area contributed by atoms with Crippen molar-refractivity contribution in [3.05, 3.63) is 58.7 Å². The van der Waals surface area contributed by atoms with E-state index in [1.807, 2.05) is 0 Å². The first-order valence-corrected chi connectivity index (χ1v) is 10.7. The fourth-order valence-electron chi connectivity index (χ4n) is 3.56. The van der Waals surface area contributed by atoms with Crippen LogP contribution in [0.15, 0.2) is 58.7 Å². The van der Waals surface area contributed by atoms with Crippen molar-refractivity contribution in [2.45, 2.75) is 85.5 Å². The maximum atomic E-state index is 12.2. The number of carbonyl (C=O) groups excluding carboxylic acids is 1. The molecule has 0 aromatic heterocycles. The van der Waals surface area contributed by atoms with Gasteiger partial charge in [0.2, 0.25) is 0 Å². The van der Waals surface area contributed by atoms with Crippen molar-refractivity contribution in [2.75, 3.05) is 7.11 Å². The zero-order valence-electron chi connectivity index (χ0n) is 18.8. The van der Waals surface area contributed by atoms with E-state index in [0.29, 0.717) is 5.92 Å². The molecule has 0 heterocycles. The molecule has 1 unspecified atom stereocenters. The third kappa shape index (κ3) is 9.92. The topological polar surface area (TPSA) is 26.3 Å². The number of carbonyl (C=O) groups is 1. The third-order valence-corrected chi connectivity index (χ3v) is 5.52. The summed E-state index contributed by atoms with van der Waals surface area (Å²) in [4.78, 5) is 12.2. The fraction of sp³-hybridized carbons (Fsp3) is 0.577. The number of ether oxygens (including phenoxy) is 1. The SMILES string of the molecule is C=C(CCC=C(C)C)C1CC=C(C)CCC=C(C)CCC=C(C(=O)OC)CC1. The smallest absolute Gasteiger partial charge is 0.333 e. The molecule has 0 amide bonds. The molecule has 0 aromatic rings. The Morgan fingerprint density at radius 1 is 1.11 bits per heavy atom. The number of hydrogen-bond acceptors (Lipinski definition) is 2. The van der Waals surface area contributed by atoms with Crippen molar-refractivity contribution in [1.29, 1.82) is 0 Å². The summed E-state index contributed by atoms with van der Waals surface area (Å²) >= 11 is 0. The zero-order chi connectivity index (χ0) is 20.9. The molecular formula is C26H40O2. The van der Waals surface area contributed by atoms with Gasteiger partial charge in [-0.3, -0.25) is 0 Å². The molecule has 0 aromatic carbocycles. The minimum absolute atomic E-state index is 0.186. The molecule has 2 heteroatoms. The van der Waals surface area contributed by atoms with Crippen molar-refractivity contribution < 1.29 is 9.53 Å². The Kier molecular flexibility index (Phi) is 11.6. The van der Waals surface area contributed by atoms with Crippen LogP contribution in [-0.2, 0) is 9.53 Å². The van der Waals surface area contributed by atoms with Crippen LogP contribution in [0.1, 0.15) is 85.5 Å². The molecule has 1 atom stereocenters. The average molecular weight is 385 g/mol. The van der Waals surface area contributed by atoms with Gasteiger partial charge in [-0.15, -0.1) is 0 Å². The van der Waals surface area contributed by atoms with Crippen molar-refractivity contribution in [3.63, 3.8) is 0 Å². The van der Waals surface area contributed by atoms with Gasteiger partial charge in [-0.25, -0.2) is 4.79 Å². The van der Waals surface area contributed by atoms with Crippen LogP contribution >= 0.6 is 0 Å². The van der Waals surface area contributed by atoms with Crippen LogP contribution in [0.25, 0.3) is 0 Å². The van der Waals surface area contributed by atoms with Gasteiger partial charge in [0.15, 0.2) is 0 Å². The maximum Gasteiger partial charge on any atom is 0.333 e. The Labute approximate surface area is 173 Å². The molecule has 0 saturated heterocycles. The van der Waals surface area contributed by atoms with Crippen molar-refractivity contribution >= 4 is 5.97 Å². The monoisotopic (exact) mass is 384 g/mol. The highest BCUT2D eigenvalue weighted by Crippen LogP contribution is 2.28. The molecular weight excluding hydrogens is 344 g/mol. The van der Waals surface area contributed by atoms with Crippen molar-refractivity contribution in [1.82, 2.24) is 0 Å². The van der Waals surface area contributed by atoms with E-state index in [-0.39, 0.29) is 5.97 Å². The zero-order valence-corrected chi connectivity index (χ0v) is 18.8. The average Bonchev–Trinajstić information content (AvgIpc) is 2.64. The molecule has 156 valence electrons. The molecule has 1 rings (SSSR count). The standard InChI is InChI=1S/C26H40O2/c1-20(2)10-7-14-23(5)24-17-16-22(4)12-8-11-21(3)13-9-15-25(19-18-24)26(27)28-6/h10-11,15-16,24H,5,7-9,12-14,17-19H2,1-4,6H3. The minimum Gasteiger partial charge on any atom is -0.466 e. The van der Waals surface area contributed by atoms with E-state index in [0.717, 1.165) is 63.4 Å². The first-order valence-electron chi connectivity index (χ1n) is 10.7. The van der Waals surface area contributed by atoms with E-state index >= 15 is 0 Å². The summed E-state index contributed by atoms with van der Waals surface area (Å²) < 4.78 is 5.03. The molecule has 0 N–H and O–H groups in total. The van der Waals surface area contributed by atoms with Gasteiger partial charge in [-0.2, -0.15) is 0 Å². The first-order chi connectivity index (χ1) is 13.3. The Morgan fingerprint density at radius 3 is 2.39 bits per heavy atom. The van der Waals surface area contributed by atoms with E-state index in [1.54, 1.807) is 0 Å².